The van der Waals surface area contributed by atoms with Crippen LogP contribution in [0.5, 0.6) is 0 Å². The van der Waals surface area contributed by atoms with E-state index in [0.29, 0.717) is 24.1 Å². The van der Waals surface area contributed by atoms with Gasteiger partial charge in [-0.1, -0.05) is 43.5 Å². The van der Waals surface area contributed by atoms with Gasteiger partial charge in [0.05, 0.1) is 13.0 Å². The maximum atomic E-state index is 12.9. The Morgan fingerprint density at radius 2 is 1.92 bits per heavy atom. The van der Waals surface area contributed by atoms with Crippen LogP contribution in [0.3, 0.4) is 0 Å². The molecule has 0 bridgehead atoms. The van der Waals surface area contributed by atoms with E-state index in [1.807, 2.05) is 17.0 Å². The van der Waals surface area contributed by atoms with Crippen LogP contribution in [0.2, 0.25) is 5.02 Å². The molecule has 5 heteroatoms. The Morgan fingerprint density at radius 1 is 1.23 bits per heavy atom. The molecule has 0 heterocycles. The average molecular weight is 378 g/mol. The summed E-state index contributed by atoms with van der Waals surface area (Å²) < 4.78 is 5.02. The zero-order valence-corrected chi connectivity index (χ0v) is 16.4. The van der Waals surface area contributed by atoms with Crippen LogP contribution in [0.25, 0.3) is 6.08 Å². The molecule has 1 aromatic rings. The average Bonchev–Trinajstić information content (AvgIpc) is 2.63. The zero-order valence-electron chi connectivity index (χ0n) is 15.6. The summed E-state index contributed by atoms with van der Waals surface area (Å²) in [5, 5.41) is 0.667. The highest BCUT2D eigenvalue weighted by atomic mass is 35.5. The largest absolute Gasteiger partial charge is 0.466 e. The minimum Gasteiger partial charge on any atom is -0.466 e. The monoisotopic (exact) mass is 377 g/mol. The molecule has 0 saturated heterocycles. The molecule has 142 valence electrons. The molecule has 2 atom stereocenters. The molecule has 0 N–H and O–H groups in total. The molecule has 1 aliphatic rings. The summed E-state index contributed by atoms with van der Waals surface area (Å²) in [7, 11) is 0. The maximum Gasteiger partial charge on any atom is 0.307 e. The smallest absolute Gasteiger partial charge is 0.307 e. The van der Waals surface area contributed by atoms with Gasteiger partial charge in [-0.2, -0.15) is 0 Å². The van der Waals surface area contributed by atoms with Gasteiger partial charge in [0.2, 0.25) is 5.91 Å². The van der Waals surface area contributed by atoms with E-state index >= 15 is 0 Å². The van der Waals surface area contributed by atoms with E-state index in [1.54, 1.807) is 31.2 Å². The van der Waals surface area contributed by atoms with Crippen LogP contribution in [-0.2, 0) is 14.3 Å². The number of ether oxygens (including phenoxy) is 1. The number of hydrogen-bond donors (Lipinski definition) is 0. The Bertz CT molecular complexity index is 627. The molecule has 0 aromatic heterocycles. The van der Waals surface area contributed by atoms with Crippen molar-refractivity contribution in [2.45, 2.75) is 52.0 Å². The fraction of sp³-hybridized carbons (Fsp3) is 0.524. The molecule has 1 aromatic carbocycles. The number of nitrogens with zero attached hydrogens (tertiary/aromatic N) is 1. The summed E-state index contributed by atoms with van der Waals surface area (Å²) >= 11 is 5.90. The van der Waals surface area contributed by atoms with E-state index in [4.69, 9.17) is 16.3 Å². The normalized spacial score (nSPS) is 20.1. The molecule has 1 fully saturated rings. The molecule has 0 aliphatic heterocycles. The first-order valence-corrected chi connectivity index (χ1v) is 9.79. The van der Waals surface area contributed by atoms with Gasteiger partial charge in [0.15, 0.2) is 0 Å². The number of hydrogen-bond acceptors (Lipinski definition) is 3. The van der Waals surface area contributed by atoms with Crippen LogP contribution in [0.1, 0.15) is 51.5 Å². The van der Waals surface area contributed by atoms with Gasteiger partial charge in [0, 0.05) is 23.7 Å². The summed E-state index contributed by atoms with van der Waals surface area (Å²) in [6.45, 7) is 4.75. The molecule has 2 unspecified atom stereocenters. The van der Waals surface area contributed by atoms with Crippen molar-refractivity contribution in [2.24, 2.45) is 5.92 Å². The Kier molecular flexibility index (Phi) is 8.17. The third-order valence-corrected chi connectivity index (χ3v) is 5.15. The quantitative estimate of drug-likeness (QED) is 0.510. The van der Waals surface area contributed by atoms with Gasteiger partial charge in [-0.05, 0) is 49.5 Å². The summed E-state index contributed by atoms with van der Waals surface area (Å²) in [6.07, 6.45) is 8.06. The van der Waals surface area contributed by atoms with Crippen molar-refractivity contribution in [3.05, 3.63) is 40.9 Å². The minimum absolute atomic E-state index is 0.0528. The van der Waals surface area contributed by atoms with Gasteiger partial charge in [0.1, 0.15) is 0 Å². The number of halogens is 1. The van der Waals surface area contributed by atoms with E-state index < -0.39 is 0 Å². The fourth-order valence-corrected chi connectivity index (χ4v) is 3.61. The predicted molar refractivity (Wildman–Crippen MR) is 105 cm³/mol. The van der Waals surface area contributed by atoms with Crippen LogP contribution in [-0.4, -0.2) is 36.0 Å². The molecule has 2 rings (SSSR count). The summed E-state index contributed by atoms with van der Waals surface area (Å²) in [6, 6.07) is 7.53. The lowest BCUT2D eigenvalue weighted by atomic mass is 9.84. The van der Waals surface area contributed by atoms with Crippen molar-refractivity contribution in [1.82, 2.24) is 4.90 Å². The van der Waals surface area contributed by atoms with Crippen LogP contribution in [0.15, 0.2) is 30.3 Å². The van der Waals surface area contributed by atoms with Gasteiger partial charge in [-0.15, -0.1) is 0 Å². The Labute approximate surface area is 161 Å². The number of amides is 1. The van der Waals surface area contributed by atoms with Crippen molar-refractivity contribution in [3.63, 3.8) is 0 Å². The second-order valence-electron chi connectivity index (χ2n) is 6.80. The lowest BCUT2D eigenvalue weighted by Crippen LogP contribution is -2.45. The Morgan fingerprint density at radius 3 is 2.58 bits per heavy atom. The van der Waals surface area contributed by atoms with Crippen LogP contribution < -0.4 is 0 Å². The predicted octanol–water partition coefficient (Wildman–Crippen LogP) is 4.71. The number of esters is 1. The lowest BCUT2D eigenvalue weighted by molar-refractivity contribution is -0.144. The van der Waals surface area contributed by atoms with Crippen molar-refractivity contribution in [2.75, 3.05) is 13.2 Å². The molecule has 0 spiro atoms. The van der Waals surface area contributed by atoms with Crippen molar-refractivity contribution in [3.8, 4) is 0 Å². The van der Waals surface area contributed by atoms with Crippen LogP contribution >= 0.6 is 11.6 Å². The second kappa shape index (κ2) is 10.4. The molecule has 1 aliphatic carbocycles. The van der Waals surface area contributed by atoms with Crippen LogP contribution in [0.4, 0.5) is 0 Å². The Balaban J connectivity index is 2.08. The topological polar surface area (TPSA) is 46.6 Å². The first-order chi connectivity index (χ1) is 12.5. The highest BCUT2D eigenvalue weighted by molar-refractivity contribution is 6.30. The second-order valence-corrected chi connectivity index (χ2v) is 7.24. The van der Waals surface area contributed by atoms with Gasteiger partial charge >= 0.3 is 5.97 Å². The van der Waals surface area contributed by atoms with Gasteiger partial charge in [-0.3, -0.25) is 9.59 Å². The van der Waals surface area contributed by atoms with Crippen LogP contribution in [0, 0.1) is 5.92 Å². The zero-order chi connectivity index (χ0) is 18.9. The number of rotatable bonds is 7. The van der Waals surface area contributed by atoms with Gasteiger partial charge < -0.3 is 9.64 Å². The van der Waals surface area contributed by atoms with E-state index in [1.165, 1.54) is 6.42 Å². The van der Waals surface area contributed by atoms with E-state index in [-0.39, 0.29) is 24.3 Å². The summed E-state index contributed by atoms with van der Waals surface area (Å²) in [5.74, 6) is 0.136. The highest BCUT2D eigenvalue weighted by Crippen LogP contribution is 2.28. The molecule has 1 amide bonds. The standard InChI is InChI=1S/C21H28ClNO3/c1-3-26-21(25)14-15-23(19-7-5-4-6-16(19)2)20(24)13-10-17-8-11-18(22)12-9-17/h8-13,16,19H,3-7,14-15H2,1-2H3/b13-10+. The summed E-state index contributed by atoms with van der Waals surface area (Å²) in [5.41, 5.74) is 0.921. The van der Waals surface area contributed by atoms with Crippen molar-refractivity contribution in [1.29, 1.82) is 0 Å². The van der Waals surface area contributed by atoms with Crippen molar-refractivity contribution >= 4 is 29.6 Å². The minimum atomic E-state index is -0.254. The fourth-order valence-electron chi connectivity index (χ4n) is 3.48. The molecule has 1 saturated carbocycles. The molecule has 0 radical (unpaired) electrons. The SMILES string of the molecule is CCOC(=O)CCN(C(=O)/C=C/c1ccc(Cl)cc1)C1CCCCC1C. The highest BCUT2D eigenvalue weighted by Gasteiger charge is 2.29. The molecular formula is C21H28ClNO3. The maximum absolute atomic E-state index is 12.9. The number of carbonyl (C=O) groups is 2. The Hall–Kier alpha value is -1.81. The third kappa shape index (κ3) is 6.17. The van der Waals surface area contributed by atoms with E-state index in [9.17, 15) is 9.59 Å². The summed E-state index contributed by atoms with van der Waals surface area (Å²) in [4.78, 5) is 26.5. The molecular weight excluding hydrogens is 350 g/mol. The number of carbonyl (C=O) groups excluding carboxylic acids is 2. The van der Waals surface area contributed by atoms with Gasteiger partial charge in [-0.25, -0.2) is 0 Å². The van der Waals surface area contributed by atoms with E-state index in [2.05, 4.69) is 6.92 Å². The molecule has 26 heavy (non-hydrogen) atoms. The first-order valence-electron chi connectivity index (χ1n) is 9.41. The number of benzene rings is 1. The third-order valence-electron chi connectivity index (χ3n) is 4.90. The lowest BCUT2D eigenvalue weighted by Gasteiger charge is -2.38. The first kappa shape index (κ1) is 20.5. The molecule has 4 nitrogen and oxygen atoms in total. The van der Waals surface area contributed by atoms with Crippen molar-refractivity contribution < 1.29 is 14.3 Å². The van der Waals surface area contributed by atoms with Gasteiger partial charge in [0.25, 0.3) is 0 Å². The van der Waals surface area contributed by atoms with E-state index in [0.717, 1.165) is 24.8 Å².